The van der Waals surface area contributed by atoms with Gasteiger partial charge in [0.2, 0.25) is 0 Å². The fourth-order valence-corrected chi connectivity index (χ4v) is 5.91. The summed E-state index contributed by atoms with van der Waals surface area (Å²) in [6, 6.07) is 28.4. The summed E-state index contributed by atoms with van der Waals surface area (Å²) in [5.41, 5.74) is 5.99. The Balaban J connectivity index is 1.54. The minimum absolute atomic E-state index is 0.128. The minimum atomic E-state index is -0.406. The molecule has 5 nitrogen and oxygen atoms in total. The van der Waals surface area contributed by atoms with E-state index in [4.69, 9.17) is 9.47 Å². The van der Waals surface area contributed by atoms with Gasteiger partial charge >= 0.3 is 5.97 Å². The molecule has 1 N–H and O–H groups in total. The summed E-state index contributed by atoms with van der Waals surface area (Å²) in [7, 11) is 0. The third-order valence-electron chi connectivity index (χ3n) is 7.47. The zero-order chi connectivity index (χ0) is 26.2. The van der Waals surface area contributed by atoms with Gasteiger partial charge in [0.15, 0.2) is 17.3 Å². The predicted molar refractivity (Wildman–Crippen MR) is 149 cm³/mol. The second-order valence-corrected chi connectivity index (χ2v) is 9.87. The molecule has 2 aliphatic rings. The highest BCUT2D eigenvalue weighted by Crippen LogP contribution is 2.51. The lowest BCUT2D eigenvalue weighted by atomic mass is 9.71. The number of fused-ring (bicyclic) bond motifs is 3. The summed E-state index contributed by atoms with van der Waals surface area (Å²) in [5, 5.41) is 5.88. The summed E-state index contributed by atoms with van der Waals surface area (Å²) >= 11 is 0. The second-order valence-electron chi connectivity index (χ2n) is 9.87. The van der Waals surface area contributed by atoms with Gasteiger partial charge < -0.3 is 14.8 Å². The van der Waals surface area contributed by atoms with E-state index in [-0.39, 0.29) is 17.6 Å². The number of Topliss-reactive ketones (excluding diaryl/α,β-unsaturated/α-hetero) is 1. The van der Waals surface area contributed by atoms with Crippen LogP contribution in [0.25, 0.3) is 10.8 Å². The number of ketones is 1. The first kappa shape index (κ1) is 24.0. The fourth-order valence-electron chi connectivity index (χ4n) is 5.91. The highest BCUT2D eigenvalue weighted by atomic mass is 16.6. The molecule has 1 heterocycles. The summed E-state index contributed by atoms with van der Waals surface area (Å²) in [6.45, 7) is 3.70. The molecule has 1 aliphatic heterocycles. The fraction of sp³-hybridized carbons (Fsp3) is 0.212. The summed E-state index contributed by atoms with van der Waals surface area (Å²) in [4.78, 5) is 25.7. The molecular weight excluding hydrogens is 474 g/mol. The molecule has 0 spiro atoms. The first-order chi connectivity index (χ1) is 18.5. The first-order valence-electron chi connectivity index (χ1n) is 13.1. The molecule has 2 atom stereocenters. The number of carbonyl (C=O) groups is 2. The lowest BCUT2D eigenvalue weighted by Gasteiger charge is -2.37. The Morgan fingerprint density at radius 3 is 2.47 bits per heavy atom. The average molecular weight is 504 g/mol. The van der Waals surface area contributed by atoms with Crippen LogP contribution >= 0.6 is 0 Å². The molecule has 1 aliphatic carbocycles. The van der Waals surface area contributed by atoms with Gasteiger partial charge in [-0.25, -0.2) is 0 Å². The molecule has 0 radical (unpaired) electrons. The van der Waals surface area contributed by atoms with Crippen molar-refractivity contribution in [3.05, 3.63) is 113 Å². The average Bonchev–Trinajstić information content (AvgIpc) is 2.93. The molecule has 0 saturated heterocycles. The van der Waals surface area contributed by atoms with Crippen molar-refractivity contribution in [1.29, 1.82) is 0 Å². The number of anilines is 1. The lowest BCUT2D eigenvalue weighted by molar-refractivity contribution is -0.132. The molecule has 190 valence electrons. The number of rotatable bonds is 5. The van der Waals surface area contributed by atoms with Gasteiger partial charge in [-0.15, -0.1) is 0 Å². The number of hydrogen-bond donors (Lipinski definition) is 1. The molecule has 4 aromatic carbocycles. The molecule has 0 fully saturated rings. The first-order valence-corrected chi connectivity index (χ1v) is 13.1. The number of hydrogen-bond acceptors (Lipinski definition) is 5. The third kappa shape index (κ3) is 4.24. The Kier molecular flexibility index (Phi) is 6.20. The summed E-state index contributed by atoms with van der Waals surface area (Å²) in [5.74, 6) is 0.469. The molecule has 0 bridgehead atoms. The topological polar surface area (TPSA) is 64.6 Å². The van der Waals surface area contributed by atoms with E-state index in [2.05, 4.69) is 41.7 Å². The van der Waals surface area contributed by atoms with E-state index < -0.39 is 5.97 Å². The molecular formula is C33H29NO4. The largest absolute Gasteiger partial charge is 0.490 e. The number of ether oxygens (including phenoxy) is 2. The van der Waals surface area contributed by atoms with Gasteiger partial charge in [0.25, 0.3) is 0 Å². The van der Waals surface area contributed by atoms with Gasteiger partial charge in [-0.1, -0.05) is 66.7 Å². The van der Waals surface area contributed by atoms with Gasteiger partial charge in [-0.2, -0.15) is 0 Å². The highest BCUT2D eigenvalue weighted by molar-refractivity contribution is 6.04. The van der Waals surface area contributed by atoms with Crippen molar-refractivity contribution in [3.8, 4) is 11.5 Å². The minimum Gasteiger partial charge on any atom is -0.490 e. The molecule has 0 amide bonds. The number of carbonyl (C=O) groups excluding carboxylic acids is 2. The van der Waals surface area contributed by atoms with Crippen LogP contribution in [0.5, 0.6) is 11.5 Å². The van der Waals surface area contributed by atoms with Crippen molar-refractivity contribution in [2.75, 3.05) is 11.9 Å². The molecule has 5 heteroatoms. The van der Waals surface area contributed by atoms with Gasteiger partial charge in [-0.05, 0) is 64.9 Å². The van der Waals surface area contributed by atoms with Crippen LogP contribution in [-0.4, -0.2) is 18.4 Å². The Bertz CT molecular complexity index is 1590. The van der Waals surface area contributed by atoms with Crippen molar-refractivity contribution in [3.63, 3.8) is 0 Å². The summed E-state index contributed by atoms with van der Waals surface area (Å²) < 4.78 is 11.3. The van der Waals surface area contributed by atoms with Crippen LogP contribution in [0.3, 0.4) is 0 Å². The number of nitrogens with one attached hydrogen (secondary N) is 1. The Morgan fingerprint density at radius 1 is 0.895 bits per heavy atom. The third-order valence-corrected chi connectivity index (χ3v) is 7.47. The maximum Gasteiger partial charge on any atom is 0.308 e. The van der Waals surface area contributed by atoms with Crippen molar-refractivity contribution >= 4 is 28.2 Å². The smallest absolute Gasteiger partial charge is 0.308 e. The number of esters is 1. The van der Waals surface area contributed by atoms with E-state index in [1.807, 2.05) is 49.4 Å². The molecule has 0 unspecified atom stereocenters. The Morgan fingerprint density at radius 2 is 1.68 bits per heavy atom. The zero-order valence-corrected chi connectivity index (χ0v) is 21.5. The van der Waals surface area contributed by atoms with E-state index in [1.54, 1.807) is 6.07 Å². The monoisotopic (exact) mass is 503 g/mol. The maximum absolute atomic E-state index is 14.0. The SMILES string of the molecule is CCOc1cc([C@@H]2C3=C(C[C@@H](c4ccccc4)CC3=O)Nc3ccc4ccccc4c32)ccc1OC(C)=O. The molecule has 0 saturated carbocycles. The second kappa shape index (κ2) is 9.82. The van der Waals surface area contributed by atoms with E-state index in [0.29, 0.717) is 24.5 Å². The molecule has 6 rings (SSSR count). The maximum atomic E-state index is 14.0. The molecule has 38 heavy (non-hydrogen) atoms. The normalized spacial score (nSPS) is 18.4. The van der Waals surface area contributed by atoms with Crippen molar-refractivity contribution in [2.24, 2.45) is 0 Å². The van der Waals surface area contributed by atoms with Crippen LogP contribution in [0.1, 0.15) is 55.2 Å². The number of benzene rings is 4. The van der Waals surface area contributed by atoms with Gasteiger partial charge in [-0.3, -0.25) is 9.59 Å². The van der Waals surface area contributed by atoms with Gasteiger partial charge in [0, 0.05) is 36.2 Å². The van der Waals surface area contributed by atoms with E-state index in [1.165, 1.54) is 12.5 Å². The van der Waals surface area contributed by atoms with Crippen LogP contribution in [0.2, 0.25) is 0 Å². The Hall–Kier alpha value is -4.38. The summed E-state index contributed by atoms with van der Waals surface area (Å²) in [6.07, 6.45) is 1.22. The number of allylic oxidation sites excluding steroid dienone is 2. The molecule has 0 aromatic heterocycles. The predicted octanol–water partition coefficient (Wildman–Crippen LogP) is 7.12. The van der Waals surface area contributed by atoms with E-state index in [9.17, 15) is 9.59 Å². The van der Waals surface area contributed by atoms with Crippen molar-refractivity contribution in [2.45, 2.75) is 38.5 Å². The molecule has 4 aromatic rings. The van der Waals surface area contributed by atoms with Crippen LogP contribution in [-0.2, 0) is 9.59 Å². The van der Waals surface area contributed by atoms with Crippen LogP contribution in [0.15, 0.2) is 96.2 Å². The van der Waals surface area contributed by atoms with Crippen molar-refractivity contribution < 1.29 is 19.1 Å². The van der Waals surface area contributed by atoms with Crippen LogP contribution in [0, 0.1) is 0 Å². The van der Waals surface area contributed by atoms with Crippen molar-refractivity contribution in [1.82, 2.24) is 0 Å². The van der Waals surface area contributed by atoms with Crippen LogP contribution < -0.4 is 14.8 Å². The quantitative estimate of drug-likeness (QED) is 0.232. The van der Waals surface area contributed by atoms with E-state index >= 15 is 0 Å². The standard InChI is InChI=1S/C33H29NO4/c1-3-37-30-19-23(14-16-29(30)38-20(2)35)31-32-25-12-8-7-11-22(25)13-15-26(32)34-27-17-24(18-28(36)33(27)31)21-9-5-4-6-10-21/h4-16,19,24,31,34H,3,17-18H2,1-2H3/t24-,31+/m1/s1. The highest BCUT2D eigenvalue weighted by Gasteiger charge is 2.39. The zero-order valence-electron chi connectivity index (χ0n) is 21.5. The van der Waals surface area contributed by atoms with Gasteiger partial charge in [0.05, 0.1) is 6.61 Å². The van der Waals surface area contributed by atoms with Crippen LogP contribution in [0.4, 0.5) is 5.69 Å². The van der Waals surface area contributed by atoms with Gasteiger partial charge in [0.1, 0.15) is 0 Å². The van der Waals surface area contributed by atoms with E-state index in [0.717, 1.165) is 45.3 Å². The lowest BCUT2D eigenvalue weighted by Crippen LogP contribution is -2.30. The Labute approximate surface area is 222 Å².